The van der Waals surface area contributed by atoms with E-state index in [0.29, 0.717) is 30.8 Å². The lowest BCUT2D eigenvalue weighted by molar-refractivity contribution is -0.152. The number of carbonyl (C=O) groups is 4. The number of alkyl carbamates (subject to hydrolysis) is 1. The molecule has 0 fully saturated rings. The monoisotopic (exact) mass is 821 g/mol. The molecule has 1 aliphatic carbocycles. The molecule has 4 atom stereocenters. The van der Waals surface area contributed by atoms with Crippen molar-refractivity contribution < 1.29 is 38.5 Å². The van der Waals surface area contributed by atoms with Crippen LogP contribution in [0.5, 0.6) is 5.75 Å². The van der Waals surface area contributed by atoms with Crippen LogP contribution in [0.1, 0.15) is 65.5 Å². The Morgan fingerprint density at radius 2 is 1.44 bits per heavy atom. The molecule has 4 N–H and O–H groups in total. The molecule has 7 rings (SSSR count). The number of aliphatic hydroxyl groups is 1. The molecular formula is C50H51N3O8. The highest BCUT2D eigenvalue weighted by molar-refractivity contribution is 5.86. The number of allylic oxidation sites excluding steroid dienone is 2. The summed E-state index contributed by atoms with van der Waals surface area (Å²) in [5.74, 6) is -1.59. The van der Waals surface area contributed by atoms with Crippen LogP contribution in [-0.2, 0) is 36.9 Å². The zero-order chi connectivity index (χ0) is 42.4. The van der Waals surface area contributed by atoms with E-state index >= 15 is 0 Å². The fourth-order valence-corrected chi connectivity index (χ4v) is 7.83. The molecular weight excluding hydrogens is 771 g/mol. The Balaban J connectivity index is 0.965. The maximum atomic E-state index is 13.8. The van der Waals surface area contributed by atoms with Crippen molar-refractivity contribution in [2.45, 2.75) is 62.8 Å². The van der Waals surface area contributed by atoms with Crippen LogP contribution in [0.3, 0.4) is 0 Å². The summed E-state index contributed by atoms with van der Waals surface area (Å²) in [6.07, 6.45) is 3.13. The highest BCUT2D eigenvalue weighted by atomic mass is 16.6. The average molecular weight is 822 g/mol. The minimum absolute atomic E-state index is 0.0571. The number of hydrogen-bond donors (Lipinski definition) is 4. The van der Waals surface area contributed by atoms with Gasteiger partial charge in [-0.25, -0.2) is 9.59 Å². The lowest BCUT2D eigenvalue weighted by Crippen LogP contribution is -2.44. The molecule has 4 unspecified atom stereocenters. The van der Waals surface area contributed by atoms with E-state index in [0.717, 1.165) is 33.4 Å². The Morgan fingerprint density at radius 1 is 0.787 bits per heavy atom. The van der Waals surface area contributed by atoms with Gasteiger partial charge in [0, 0.05) is 12.3 Å². The average Bonchev–Trinajstić information content (AvgIpc) is 3.62. The third kappa shape index (κ3) is 11.5. The Labute approximate surface area is 356 Å². The summed E-state index contributed by atoms with van der Waals surface area (Å²) in [6, 6.07) is 40.9. The van der Waals surface area contributed by atoms with Gasteiger partial charge < -0.3 is 35.3 Å². The van der Waals surface area contributed by atoms with Gasteiger partial charge in [-0.15, -0.1) is 0 Å². The summed E-state index contributed by atoms with van der Waals surface area (Å²) in [5.41, 5.74) is 6.99. The van der Waals surface area contributed by atoms with Crippen molar-refractivity contribution in [2.75, 3.05) is 19.8 Å². The van der Waals surface area contributed by atoms with Crippen molar-refractivity contribution in [3.8, 4) is 16.9 Å². The van der Waals surface area contributed by atoms with Crippen LogP contribution in [0.4, 0.5) is 4.79 Å². The number of esters is 1. The first kappa shape index (κ1) is 42.4. The van der Waals surface area contributed by atoms with Gasteiger partial charge >= 0.3 is 12.1 Å². The normalized spacial score (nSPS) is 18.4. The van der Waals surface area contributed by atoms with Gasteiger partial charge in [-0.05, 0) is 76.8 Å². The second kappa shape index (κ2) is 21.0. The third-order valence-corrected chi connectivity index (χ3v) is 11.1. The minimum Gasteiger partial charge on any atom is -0.489 e. The molecule has 314 valence electrons. The van der Waals surface area contributed by atoms with E-state index in [1.807, 2.05) is 109 Å². The molecule has 0 saturated carbocycles. The number of hydrogen-bond acceptors (Lipinski definition) is 8. The number of aliphatic hydroxyl groups excluding tert-OH is 1. The largest absolute Gasteiger partial charge is 0.489 e. The molecule has 61 heavy (non-hydrogen) atoms. The molecule has 0 radical (unpaired) electrons. The van der Waals surface area contributed by atoms with Gasteiger partial charge in [0.05, 0.1) is 25.1 Å². The molecule has 1 heterocycles. The zero-order valence-corrected chi connectivity index (χ0v) is 33.9. The maximum Gasteiger partial charge on any atom is 0.407 e. The highest BCUT2D eigenvalue weighted by Crippen LogP contribution is 2.44. The first-order valence-corrected chi connectivity index (χ1v) is 20.8. The first-order valence-electron chi connectivity index (χ1n) is 20.8. The van der Waals surface area contributed by atoms with Crippen LogP contribution in [-0.4, -0.2) is 60.8 Å². The minimum atomic E-state index is -1.03. The second-order valence-electron chi connectivity index (χ2n) is 15.4. The molecule has 5 aromatic rings. The van der Waals surface area contributed by atoms with Crippen molar-refractivity contribution >= 4 is 23.9 Å². The fraction of sp³-hybridized carbons (Fsp3) is 0.280. The lowest BCUT2D eigenvalue weighted by atomic mass is 9.98. The van der Waals surface area contributed by atoms with Crippen molar-refractivity contribution in [3.63, 3.8) is 0 Å². The molecule has 3 amide bonds. The predicted octanol–water partition coefficient (Wildman–Crippen LogP) is 7.34. The number of carbonyl (C=O) groups excluding carboxylic acids is 4. The molecule has 5 aromatic carbocycles. The quantitative estimate of drug-likeness (QED) is 0.0712. The van der Waals surface area contributed by atoms with Crippen molar-refractivity contribution in [3.05, 3.63) is 173 Å². The van der Waals surface area contributed by atoms with E-state index < -0.39 is 36.2 Å². The topological polar surface area (TPSA) is 152 Å². The molecule has 11 nitrogen and oxygen atoms in total. The van der Waals surface area contributed by atoms with Gasteiger partial charge in [0.2, 0.25) is 11.8 Å². The zero-order valence-electron chi connectivity index (χ0n) is 33.9. The van der Waals surface area contributed by atoms with Crippen LogP contribution in [0.15, 0.2) is 146 Å². The smallest absolute Gasteiger partial charge is 0.407 e. The van der Waals surface area contributed by atoms with Gasteiger partial charge in [-0.3, -0.25) is 9.59 Å². The van der Waals surface area contributed by atoms with E-state index in [1.54, 1.807) is 24.3 Å². The van der Waals surface area contributed by atoms with E-state index in [1.165, 1.54) is 0 Å². The predicted molar refractivity (Wildman–Crippen MR) is 231 cm³/mol. The van der Waals surface area contributed by atoms with Crippen LogP contribution in [0.2, 0.25) is 0 Å². The SMILES string of the molecule is O=C(CC1CC=CCCC(NC(=O)OCC2c3ccccc3-c3ccccc32)C(=O)OC(c2ccccc2)CNC1=O)NC(CO)Cc1ccc(OCc2ccccc2)cc1. The molecule has 0 saturated heterocycles. The molecule has 1 aliphatic heterocycles. The first-order chi connectivity index (χ1) is 29.8. The number of benzene rings is 5. The highest BCUT2D eigenvalue weighted by Gasteiger charge is 2.32. The number of rotatable bonds is 13. The number of ether oxygens (including phenoxy) is 3. The summed E-state index contributed by atoms with van der Waals surface area (Å²) < 4.78 is 17.7. The van der Waals surface area contributed by atoms with Crippen LogP contribution >= 0.6 is 0 Å². The molecule has 2 aliphatic rings. The van der Waals surface area contributed by atoms with E-state index in [-0.39, 0.29) is 56.8 Å². The summed E-state index contributed by atoms with van der Waals surface area (Å²) in [4.78, 5) is 54.1. The standard InChI is InChI=1S/C50H51N3O8/c54-31-38(28-34-24-26-39(27-25-34)59-32-35-14-4-1-5-15-35)52-47(55)29-37-18-8-3-9-23-45(49(57)61-46(30-51-48(37)56)36-16-6-2-7-17-36)53-50(58)60-33-44-42-21-12-10-19-40(42)41-20-11-13-22-43(41)44/h1-8,10-17,19-22,24-27,37-38,44-46,54H,9,18,23,28-33H2,(H,51,56)(H,52,55)(H,53,58). The maximum absolute atomic E-state index is 13.8. The number of fused-ring (bicyclic) bond motifs is 3. The summed E-state index contributed by atoms with van der Waals surface area (Å²) in [6.45, 7) is 0.188. The summed E-state index contributed by atoms with van der Waals surface area (Å²) in [5, 5.41) is 18.7. The van der Waals surface area contributed by atoms with Gasteiger partial charge in [0.25, 0.3) is 0 Å². The summed E-state index contributed by atoms with van der Waals surface area (Å²) >= 11 is 0. The third-order valence-electron chi connectivity index (χ3n) is 11.1. The van der Waals surface area contributed by atoms with E-state index in [4.69, 9.17) is 14.2 Å². The second-order valence-corrected chi connectivity index (χ2v) is 15.4. The van der Waals surface area contributed by atoms with Crippen molar-refractivity contribution in [1.29, 1.82) is 0 Å². The van der Waals surface area contributed by atoms with Crippen molar-refractivity contribution in [1.82, 2.24) is 16.0 Å². The number of cyclic esters (lactones) is 1. The molecule has 0 spiro atoms. The molecule has 0 aromatic heterocycles. The molecule has 0 bridgehead atoms. The lowest BCUT2D eigenvalue weighted by Gasteiger charge is -2.24. The van der Waals surface area contributed by atoms with Gasteiger partial charge in [-0.1, -0.05) is 133 Å². The number of nitrogens with one attached hydrogen (secondary N) is 3. The fourth-order valence-electron chi connectivity index (χ4n) is 7.83. The van der Waals surface area contributed by atoms with Crippen LogP contribution in [0.25, 0.3) is 11.1 Å². The van der Waals surface area contributed by atoms with Gasteiger partial charge in [-0.2, -0.15) is 0 Å². The van der Waals surface area contributed by atoms with Crippen LogP contribution in [0, 0.1) is 5.92 Å². The van der Waals surface area contributed by atoms with Gasteiger partial charge in [0.1, 0.15) is 31.1 Å². The summed E-state index contributed by atoms with van der Waals surface area (Å²) in [7, 11) is 0. The van der Waals surface area contributed by atoms with Crippen molar-refractivity contribution in [2.24, 2.45) is 5.92 Å². The van der Waals surface area contributed by atoms with Crippen LogP contribution < -0.4 is 20.7 Å². The Hall–Kier alpha value is -6.72. The Bertz CT molecular complexity index is 2240. The molecule has 11 heteroatoms. The number of amides is 3. The van der Waals surface area contributed by atoms with E-state index in [9.17, 15) is 24.3 Å². The van der Waals surface area contributed by atoms with E-state index in [2.05, 4.69) is 28.1 Å². The Kier molecular flexibility index (Phi) is 14.6. The van der Waals surface area contributed by atoms with Gasteiger partial charge in [0.15, 0.2) is 0 Å². The Morgan fingerprint density at radius 3 is 2.13 bits per heavy atom.